The highest BCUT2D eigenvalue weighted by Crippen LogP contribution is 2.20. The molecule has 1 aliphatic rings. The quantitative estimate of drug-likeness (QED) is 0.459. The van der Waals surface area contributed by atoms with Crippen molar-refractivity contribution in [2.45, 2.75) is 6.54 Å². The number of rotatable bonds is 5. The van der Waals surface area contributed by atoms with E-state index in [0.717, 1.165) is 5.56 Å². The first-order valence-electron chi connectivity index (χ1n) is 9.43. The average molecular weight is 427 g/mol. The molecule has 1 amide bonds. The standard InChI is InChI=1S/C20H19ClN6O3/c21-17-6-1-2-7-19(17)26-14-18(22-23-26)20(28)25-10-8-24(9-11-25)13-15-4-3-5-16(12-15)27(29)30/h1-7,12,14H,8-11,13H2. The summed E-state index contributed by atoms with van der Waals surface area (Å²) in [6.45, 7) is 3.05. The van der Waals surface area contributed by atoms with Gasteiger partial charge in [0, 0.05) is 44.9 Å². The van der Waals surface area contributed by atoms with Crippen molar-refractivity contribution in [3.8, 4) is 5.69 Å². The van der Waals surface area contributed by atoms with Gasteiger partial charge in [0.1, 0.15) is 0 Å². The highest BCUT2D eigenvalue weighted by molar-refractivity contribution is 6.32. The third-order valence-electron chi connectivity index (χ3n) is 5.00. The Morgan fingerprint density at radius 3 is 2.60 bits per heavy atom. The zero-order valence-electron chi connectivity index (χ0n) is 16.0. The number of hydrogen-bond donors (Lipinski definition) is 0. The van der Waals surface area contributed by atoms with Crippen molar-refractivity contribution >= 4 is 23.2 Å². The number of para-hydroxylation sites is 1. The fraction of sp³-hybridized carbons (Fsp3) is 0.250. The fourth-order valence-electron chi connectivity index (χ4n) is 3.41. The van der Waals surface area contributed by atoms with Gasteiger partial charge in [-0.15, -0.1) is 5.10 Å². The highest BCUT2D eigenvalue weighted by Gasteiger charge is 2.24. The molecule has 30 heavy (non-hydrogen) atoms. The van der Waals surface area contributed by atoms with Crippen LogP contribution in [0.25, 0.3) is 5.69 Å². The van der Waals surface area contributed by atoms with Crippen LogP contribution in [0.4, 0.5) is 5.69 Å². The Balaban J connectivity index is 1.36. The number of aromatic nitrogens is 3. The number of non-ortho nitro benzene ring substituents is 1. The van der Waals surface area contributed by atoms with Crippen LogP contribution in [0.1, 0.15) is 16.1 Å². The van der Waals surface area contributed by atoms with Gasteiger partial charge >= 0.3 is 0 Å². The van der Waals surface area contributed by atoms with Crippen molar-refractivity contribution in [1.29, 1.82) is 0 Å². The minimum absolute atomic E-state index is 0.0860. The Labute approximate surface area is 177 Å². The number of nitrogens with zero attached hydrogens (tertiary/aromatic N) is 6. The number of carbonyl (C=O) groups excluding carboxylic acids is 1. The molecule has 154 valence electrons. The second-order valence-corrected chi connectivity index (χ2v) is 7.40. The molecule has 2 heterocycles. The minimum atomic E-state index is -0.393. The second kappa shape index (κ2) is 8.60. The largest absolute Gasteiger partial charge is 0.335 e. The Kier molecular flexibility index (Phi) is 5.73. The molecule has 0 unspecified atom stereocenters. The molecule has 4 rings (SSSR count). The van der Waals surface area contributed by atoms with E-state index in [1.165, 1.54) is 10.7 Å². The van der Waals surface area contributed by atoms with Crippen LogP contribution >= 0.6 is 11.6 Å². The molecule has 9 nitrogen and oxygen atoms in total. The molecule has 0 bridgehead atoms. The summed E-state index contributed by atoms with van der Waals surface area (Å²) >= 11 is 6.18. The smallest absolute Gasteiger partial charge is 0.276 e. The maximum absolute atomic E-state index is 12.8. The van der Waals surface area contributed by atoms with Crippen LogP contribution in [0, 0.1) is 10.1 Å². The summed E-state index contributed by atoms with van der Waals surface area (Å²) in [5, 5.41) is 19.5. The van der Waals surface area contributed by atoms with E-state index in [1.54, 1.807) is 35.4 Å². The first kappa shape index (κ1) is 20.0. The molecule has 1 aromatic heterocycles. The van der Waals surface area contributed by atoms with Crippen LogP contribution in [-0.2, 0) is 6.54 Å². The van der Waals surface area contributed by atoms with Crippen LogP contribution in [0.2, 0.25) is 5.02 Å². The predicted octanol–water partition coefficient (Wildman–Crippen LogP) is 2.79. The molecule has 1 fully saturated rings. The van der Waals surface area contributed by atoms with E-state index < -0.39 is 4.92 Å². The first-order chi connectivity index (χ1) is 14.5. The Morgan fingerprint density at radius 1 is 1.10 bits per heavy atom. The average Bonchev–Trinajstić information content (AvgIpc) is 3.24. The lowest BCUT2D eigenvalue weighted by Gasteiger charge is -2.34. The van der Waals surface area contributed by atoms with Crippen molar-refractivity contribution in [2.75, 3.05) is 26.2 Å². The van der Waals surface area contributed by atoms with Crippen LogP contribution in [0.5, 0.6) is 0 Å². The van der Waals surface area contributed by atoms with Crippen molar-refractivity contribution in [2.24, 2.45) is 0 Å². The molecule has 0 atom stereocenters. The molecule has 2 aromatic carbocycles. The summed E-state index contributed by atoms with van der Waals surface area (Å²) in [6.07, 6.45) is 1.58. The van der Waals surface area contributed by atoms with Gasteiger partial charge in [0.2, 0.25) is 0 Å². The molecular weight excluding hydrogens is 408 g/mol. The van der Waals surface area contributed by atoms with Crippen LogP contribution in [0.3, 0.4) is 0 Å². The molecule has 10 heteroatoms. The van der Waals surface area contributed by atoms with Crippen molar-refractivity contribution < 1.29 is 9.72 Å². The van der Waals surface area contributed by atoms with E-state index in [-0.39, 0.29) is 17.3 Å². The van der Waals surface area contributed by atoms with Gasteiger partial charge < -0.3 is 4.90 Å². The van der Waals surface area contributed by atoms with E-state index >= 15 is 0 Å². The number of benzene rings is 2. The van der Waals surface area contributed by atoms with Crippen molar-refractivity contribution in [3.63, 3.8) is 0 Å². The number of nitro benzene ring substituents is 1. The molecule has 1 aliphatic heterocycles. The van der Waals surface area contributed by atoms with Gasteiger partial charge in [-0.3, -0.25) is 19.8 Å². The molecule has 0 saturated carbocycles. The SMILES string of the molecule is O=C(c1cn(-c2ccccc2Cl)nn1)N1CCN(Cc2cccc([N+](=O)[O-])c2)CC1. The summed E-state index contributed by atoms with van der Waals surface area (Å²) in [5.74, 6) is -0.177. The third-order valence-corrected chi connectivity index (χ3v) is 5.32. The maximum atomic E-state index is 12.8. The van der Waals surface area contributed by atoms with E-state index in [1.807, 2.05) is 18.2 Å². The van der Waals surface area contributed by atoms with Crippen molar-refractivity contribution in [1.82, 2.24) is 24.8 Å². The Morgan fingerprint density at radius 2 is 1.87 bits per heavy atom. The minimum Gasteiger partial charge on any atom is -0.335 e. The van der Waals surface area contributed by atoms with Crippen LogP contribution < -0.4 is 0 Å². The summed E-state index contributed by atoms with van der Waals surface area (Å²) in [7, 11) is 0. The molecule has 0 radical (unpaired) electrons. The van der Waals surface area contributed by atoms with Gasteiger partial charge in [-0.25, -0.2) is 4.68 Å². The normalized spacial score (nSPS) is 14.6. The zero-order valence-corrected chi connectivity index (χ0v) is 16.8. The van der Waals surface area contributed by atoms with E-state index in [4.69, 9.17) is 11.6 Å². The Hall–Kier alpha value is -3.30. The Bertz CT molecular complexity index is 1080. The highest BCUT2D eigenvalue weighted by atomic mass is 35.5. The van der Waals surface area contributed by atoms with Crippen LogP contribution in [-0.4, -0.2) is 61.8 Å². The van der Waals surface area contributed by atoms with Gasteiger partial charge in [0.15, 0.2) is 5.69 Å². The third kappa shape index (κ3) is 4.32. The lowest BCUT2D eigenvalue weighted by molar-refractivity contribution is -0.384. The monoisotopic (exact) mass is 426 g/mol. The molecule has 0 N–H and O–H groups in total. The molecule has 1 saturated heterocycles. The van der Waals surface area contributed by atoms with E-state index in [2.05, 4.69) is 15.2 Å². The van der Waals surface area contributed by atoms with E-state index in [0.29, 0.717) is 43.4 Å². The summed E-state index contributed by atoms with van der Waals surface area (Å²) in [4.78, 5) is 27.3. The molecule has 0 spiro atoms. The summed E-state index contributed by atoms with van der Waals surface area (Å²) in [6, 6.07) is 13.8. The van der Waals surface area contributed by atoms with Crippen molar-refractivity contribution in [3.05, 3.63) is 81.1 Å². The molecule has 0 aliphatic carbocycles. The number of nitro groups is 1. The van der Waals surface area contributed by atoms with Gasteiger partial charge in [-0.2, -0.15) is 0 Å². The fourth-order valence-corrected chi connectivity index (χ4v) is 3.64. The number of piperazine rings is 1. The molecule has 3 aromatic rings. The summed E-state index contributed by atoms with van der Waals surface area (Å²) < 4.78 is 1.49. The topological polar surface area (TPSA) is 97.4 Å². The van der Waals surface area contributed by atoms with Gasteiger partial charge in [-0.1, -0.05) is 41.1 Å². The van der Waals surface area contributed by atoms with E-state index in [9.17, 15) is 14.9 Å². The number of halogens is 1. The lowest BCUT2D eigenvalue weighted by Crippen LogP contribution is -2.48. The predicted molar refractivity (Wildman–Crippen MR) is 111 cm³/mol. The molecular formula is C20H19ClN6O3. The van der Waals surface area contributed by atoms with Gasteiger partial charge in [0.05, 0.1) is 21.8 Å². The van der Waals surface area contributed by atoms with Gasteiger partial charge in [-0.05, 0) is 17.7 Å². The van der Waals surface area contributed by atoms with Crippen LogP contribution in [0.15, 0.2) is 54.7 Å². The number of amides is 1. The number of carbonyl (C=O) groups is 1. The summed E-state index contributed by atoms with van der Waals surface area (Å²) in [5.41, 5.74) is 1.89. The first-order valence-corrected chi connectivity index (χ1v) is 9.81. The number of hydrogen-bond acceptors (Lipinski definition) is 6. The maximum Gasteiger partial charge on any atom is 0.276 e. The lowest BCUT2D eigenvalue weighted by atomic mass is 10.1. The second-order valence-electron chi connectivity index (χ2n) is 7.00. The van der Waals surface area contributed by atoms with Gasteiger partial charge in [0.25, 0.3) is 11.6 Å². The zero-order chi connectivity index (χ0) is 21.1.